The van der Waals surface area contributed by atoms with Gasteiger partial charge in [-0.2, -0.15) is 0 Å². The van der Waals surface area contributed by atoms with Crippen LogP contribution in [0, 0.1) is 26.1 Å². The standard InChI is InChI=1S/C13H13N3O7/c17-12(14-3-1-2-8(7-14)13(18)19)9-4-10(15(20)21)6-11(5-9)16(22)23/h4-6,8H,1-3,7H2,(H,18,19). The van der Waals surface area contributed by atoms with Gasteiger partial charge in [-0.1, -0.05) is 0 Å². The van der Waals surface area contributed by atoms with Crippen molar-refractivity contribution in [2.24, 2.45) is 5.92 Å². The number of nitro benzene ring substituents is 2. The fraction of sp³-hybridized carbons (Fsp3) is 0.385. The molecule has 1 aromatic carbocycles. The Bertz CT molecular complexity index is 656. The van der Waals surface area contributed by atoms with E-state index in [9.17, 15) is 29.8 Å². The van der Waals surface area contributed by atoms with Gasteiger partial charge in [0.15, 0.2) is 0 Å². The zero-order chi connectivity index (χ0) is 17.1. The van der Waals surface area contributed by atoms with Gasteiger partial charge in [-0.05, 0) is 12.8 Å². The van der Waals surface area contributed by atoms with Crippen LogP contribution in [0.4, 0.5) is 11.4 Å². The van der Waals surface area contributed by atoms with Crippen LogP contribution in [0.5, 0.6) is 0 Å². The number of hydrogen-bond acceptors (Lipinski definition) is 6. The number of carboxylic acids is 1. The van der Waals surface area contributed by atoms with Crippen molar-refractivity contribution in [2.75, 3.05) is 13.1 Å². The molecule has 10 nitrogen and oxygen atoms in total. The normalized spacial score (nSPS) is 17.6. The second kappa shape index (κ2) is 6.38. The summed E-state index contributed by atoms with van der Waals surface area (Å²) < 4.78 is 0. The molecule has 1 aliphatic rings. The van der Waals surface area contributed by atoms with Crippen LogP contribution in [0.25, 0.3) is 0 Å². The first-order chi connectivity index (χ1) is 10.8. The van der Waals surface area contributed by atoms with E-state index in [0.717, 1.165) is 18.2 Å². The molecule has 1 saturated heterocycles. The summed E-state index contributed by atoms with van der Waals surface area (Å²) in [6, 6.07) is 2.69. The minimum Gasteiger partial charge on any atom is -0.481 e. The second-order valence-corrected chi connectivity index (χ2v) is 5.18. The van der Waals surface area contributed by atoms with E-state index in [1.54, 1.807) is 0 Å². The van der Waals surface area contributed by atoms with E-state index in [4.69, 9.17) is 5.11 Å². The highest BCUT2D eigenvalue weighted by Gasteiger charge is 2.30. The van der Waals surface area contributed by atoms with Gasteiger partial charge in [-0.3, -0.25) is 29.8 Å². The molecule has 1 fully saturated rings. The zero-order valence-electron chi connectivity index (χ0n) is 11.9. The summed E-state index contributed by atoms with van der Waals surface area (Å²) in [6.07, 6.45) is 0.925. The van der Waals surface area contributed by atoms with E-state index in [1.807, 2.05) is 0 Å². The summed E-state index contributed by atoms with van der Waals surface area (Å²) in [5, 5.41) is 30.7. The number of rotatable bonds is 4. The van der Waals surface area contributed by atoms with Crippen molar-refractivity contribution in [1.29, 1.82) is 0 Å². The number of nitrogens with zero attached hydrogens (tertiary/aromatic N) is 3. The molecule has 1 unspecified atom stereocenters. The molecule has 0 saturated carbocycles. The number of carbonyl (C=O) groups excluding carboxylic acids is 1. The number of aliphatic carboxylic acids is 1. The first-order valence-corrected chi connectivity index (χ1v) is 6.75. The summed E-state index contributed by atoms with van der Waals surface area (Å²) in [4.78, 5) is 44.7. The molecule has 2 rings (SSSR count). The molecule has 0 bridgehead atoms. The van der Waals surface area contributed by atoms with Gasteiger partial charge < -0.3 is 10.0 Å². The van der Waals surface area contributed by atoms with Crippen LogP contribution in [0.2, 0.25) is 0 Å². The number of hydrogen-bond donors (Lipinski definition) is 1. The molecule has 0 spiro atoms. The van der Waals surface area contributed by atoms with Gasteiger partial charge in [-0.15, -0.1) is 0 Å². The Hall–Kier alpha value is -3.04. The Morgan fingerprint density at radius 2 is 1.70 bits per heavy atom. The highest BCUT2D eigenvalue weighted by molar-refractivity contribution is 5.96. The zero-order valence-corrected chi connectivity index (χ0v) is 11.9. The predicted octanol–water partition coefficient (Wildman–Crippen LogP) is 1.44. The molecule has 1 atom stereocenters. The predicted molar refractivity (Wildman–Crippen MR) is 76.0 cm³/mol. The van der Waals surface area contributed by atoms with Crippen molar-refractivity contribution in [1.82, 2.24) is 4.90 Å². The van der Waals surface area contributed by atoms with Crippen molar-refractivity contribution < 1.29 is 24.5 Å². The van der Waals surface area contributed by atoms with Gasteiger partial charge in [0, 0.05) is 25.2 Å². The van der Waals surface area contributed by atoms with Gasteiger partial charge in [0.2, 0.25) is 0 Å². The van der Waals surface area contributed by atoms with Crippen LogP contribution >= 0.6 is 0 Å². The molecule has 1 amide bonds. The van der Waals surface area contributed by atoms with E-state index in [-0.39, 0.29) is 12.1 Å². The van der Waals surface area contributed by atoms with Crippen molar-refractivity contribution in [3.05, 3.63) is 44.0 Å². The number of carbonyl (C=O) groups is 2. The fourth-order valence-electron chi connectivity index (χ4n) is 2.48. The number of likely N-dealkylation sites (tertiary alicyclic amines) is 1. The van der Waals surface area contributed by atoms with E-state index in [0.29, 0.717) is 19.4 Å². The number of benzene rings is 1. The van der Waals surface area contributed by atoms with Crippen LogP contribution in [0.3, 0.4) is 0 Å². The van der Waals surface area contributed by atoms with Crippen LogP contribution in [-0.2, 0) is 4.79 Å². The molecule has 0 aliphatic carbocycles. The van der Waals surface area contributed by atoms with Crippen molar-refractivity contribution in [3.63, 3.8) is 0 Å². The SMILES string of the molecule is O=C(O)C1CCCN(C(=O)c2cc([N+](=O)[O-])cc([N+](=O)[O-])c2)C1. The maximum atomic E-state index is 12.4. The molecular weight excluding hydrogens is 310 g/mol. The third-order valence-electron chi connectivity index (χ3n) is 3.63. The van der Waals surface area contributed by atoms with Gasteiger partial charge in [0.25, 0.3) is 17.3 Å². The van der Waals surface area contributed by atoms with E-state index in [1.165, 1.54) is 4.90 Å². The first kappa shape index (κ1) is 16.3. The van der Waals surface area contributed by atoms with Gasteiger partial charge in [0.05, 0.1) is 27.4 Å². The maximum absolute atomic E-state index is 12.4. The Balaban J connectivity index is 2.32. The summed E-state index contributed by atoms with van der Waals surface area (Å²) in [6.45, 7) is 0.282. The maximum Gasteiger partial charge on any atom is 0.308 e. The molecule has 23 heavy (non-hydrogen) atoms. The smallest absolute Gasteiger partial charge is 0.308 e. The van der Waals surface area contributed by atoms with E-state index in [2.05, 4.69) is 0 Å². The summed E-state index contributed by atoms with van der Waals surface area (Å²) >= 11 is 0. The average Bonchev–Trinajstić information content (AvgIpc) is 2.53. The minimum absolute atomic E-state index is 0.0232. The quantitative estimate of drug-likeness (QED) is 0.652. The molecule has 1 heterocycles. The first-order valence-electron chi connectivity index (χ1n) is 6.75. The summed E-state index contributed by atoms with van der Waals surface area (Å²) in [7, 11) is 0. The Morgan fingerprint density at radius 1 is 1.13 bits per heavy atom. The Kier molecular flexibility index (Phi) is 4.53. The molecule has 122 valence electrons. The van der Waals surface area contributed by atoms with Gasteiger partial charge in [0.1, 0.15) is 0 Å². The lowest BCUT2D eigenvalue weighted by Gasteiger charge is -2.30. The monoisotopic (exact) mass is 323 g/mol. The molecule has 10 heteroatoms. The number of amides is 1. The third kappa shape index (κ3) is 3.59. The Labute approximate surface area is 129 Å². The van der Waals surface area contributed by atoms with Crippen molar-refractivity contribution in [2.45, 2.75) is 12.8 Å². The van der Waals surface area contributed by atoms with E-state index >= 15 is 0 Å². The molecule has 1 aliphatic heterocycles. The number of nitro groups is 2. The number of carboxylic acid groups (broad SMARTS) is 1. The largest absolute Gasteiger partial charge is 0.481 e. The second-order valence-electron chi connectivity index (χ2n) is 5.18. The number of piperidine rings is 1. The molecule has 1 N–H and O–H groups in total. The molecular formula is C13H13N3O7. The lowest BCUT2D eigenvalue weighted by molar-refractivity contribution is -0.394. The Morgan fingerprint density at radius 3 is 2.17 bits per heavy atom. The molecule has 0 radical (unpaired) electrons. The molecule has 0 aromatic heterocycles. The third-order valence-corrected chi connectivity index (χ3v) is 3.63. The lowest BCUT2D eigenvalue weighted by atomic mass is 9.97. The van der Waals surface area contributed by atoms with Crippen LogP contribution in [-0.4, -0.2) is 44.8 Å². The van der Waals surface area contributed by atoms with Gasteiger partial charge >= 0.3 is 5.97 Å². The average molecular weight is 323 g/mol. The minimum atomic E-state index is -1.02. The van der Waals surface area contributed by atoms with Crippen LogP contribution in [0.15, 0.2) is 18.2 Å². The highest BCUT2D eigenvalue weighted by Crippen LogP contribution is 2.25. The fourth-order valence-corrected chi connectivity index (χ4v) is 2.48. The van der Waals surface area contributed by atoms with Crippen LogP contribution < -0.4 is 0 Å². The summed E-state index contributed by atoms with van der Waals surface area (Å²) in [5.41, 5.74) is -1.32. The number of non-ortho nitro benzene ring substituents is 2. The van der Waals surface area contributed by atoms with Gasteiger partial charge in [-0.25, -0.2) is 0 Å². The van der Waals surface area contributed by atoms with Crippen molar-refractivity contribution >= 4 is 23.3 Å². The lowest BCUT2D eigenvalue weighted by Crippen LogP contribution is -2.42. The molecule has 1 aromatic rings. The van der Waals surface area contributed by atoms with E-state index < -0.39 is 39.0 Å². The van der Waals surface area contributed by atoms with Crippen molar-refractivity contribution in [3.8, 4) is 0 Å². The summed E-state index contributed by atoms with van der Waals surface area (Å²) in [5.74, 6) is -2.38. The topological polar surface area (TPSA) is 144 Å². The highest BCUT2D eigenvalue weighted by atomic mass is 16.6. The van der Waals surface area contributed by atoms with Crippen LogP contribution in [0.1, 0.15) is 23.2 Å².